The van der Waals surface area contributed by atoms with E-state index in [0.29, 0.717) is 11.7 Å². The highest BCUT2D eigenvalue weighted by molar-refractivity contribution is 5.83. The normalized spacial score (nSPS) is 13.3. The lowest BCUT2D eigenvalue weighted by molar-refractivity contribution is -0.192. The number of aromatic amines is 1. The molecule has 0 bridgehead atoms. The summed E-state index contributed by atoms with van der Waals surface area (Å²) in [6, 6.07) is 8.33. The highest BCUT2D eigenvalue weighted by Gasteiger charge is 2.38. The van der Waals surface area contributed by atoms with Gasteiger partial charge in [-0.2, -0.15) is 18.2 Å². The number of halogens is 3. The van der Waals surface area contributed by atoms with Gasteiger partial charge >= 0.3 is 12.1 Å². The number of carboxylic acids is 1. The van der Waals surface area contributed by atoms with E-state index in [9.17, 15) is 13.2 Å². The van der Waals surface area contributed by atoms with Crippen LogP contribution in [0.25, 0.3) is 22.3 Å². The molecule has 5 rings (SSSR count). The van der Waals surface area contributed by atoms with E-state index in [2.05, 4.69) is 49.8 Å². The number of benzene rings is 1. The quantitative estimate of drug-likeness (QED) is 0.410. The smallest absolute Gasteiger partial charge is 0.475 e. The number of alkyl halides is 3. The zero-order chi connectivity index (χ0) is 24.3. The molecule has 4 heterocycles. The van der Waals surface area contributed by atoms with Gasteiger partial charge in [0.15, 0.2) is 0 Å². The number of carboxylic acid groups (broad SMARTS) is 1. The number of H-pyrrole nitrogens is 1. The molecule has 3 N–H and O–H groups in total. The fourth-order valence-corrected chi connectivity index (χ4v) is 3.91. The van der Waals surface area contributed by atoms with Crippen LogP contribution in [0.15, 0.2) is 41.2 Å². The topological polar surface area (TPSA) is 117 Å². The molecule has 1 aliphatic heterocycles. The van der Waals surface area contributed by atoms with E-state index >= 15 is 0 Å². The monoisotopic (exact) mass is 473 g/mol. The number of aliphatic carboxylic acids is 1. The van der Waals surface area contributed by atoms with E-state index in [1.807, 2.05) is 19.2 Å². The molecule has 0 spiro atoms. The minimum absolute atomic E-state index is 0.660. The average molecular weight is 473 g/mol. The lowest BCUT2D eigenvalue weighted by Gasteiger charge is -2.19. The van der Waals surface area contributed by atoms with Crippen molar-refractivity contribution in [3.8, 4) is 11.4 Å². The van der Waals surface area contributed by atoms with Gasteiger partial charge in [-0.05, 0) is 49.1 Å². The fraction of sp³-hybridized carbons (Fsp3) is 0.304. The first-order valence-corrected chi connectivity index (χ1v) is 10.6. The Hall–Kier alpha value is -3.73. The van der Waals surface area contributed by atoms with Crippen molar-refractivity contribution in [2.75, 3.05) is 6.54 Å². The molecule has 0 amide bonds. The number of aryl methyl sites for hydroxylation is 3. The van der Waals surface area contributed by atoms with Crippen molar-refractivity contribution < 1.29 is 27.6 Å². The predicted octanol–water partition coefficient (Wildman–Crippen LogP) is 3.99. The van der Waals surface area contributed by atoms with Crippen LogP contribution in [0.2, 0.25) is 0 Å². The van der Waals surface area contributed by atoms with Crippen LogP contribution in [0.3, 0.4) is 0 Å². The maximum Gasteiger partial charge on any atom is 0.490 e. The molecule has 3 aromatic heterocycles. The number of carbonyl (C=O) groups is 1. The van der Waals surface area contributed by atoms with Crippen molar-refractivity contribution in [1.29, 1.82) is 0 Å². The van der Waals surface area contributed by atoms with Crippen molar-refractivity contribution in [3.05, 3.63) is 64.9 Å². The second-order valence-electron chi connectivity index (χ2n) is 7.82. The molecule has 0 saturated heterocycles. The second-order valence-corrected chi connectivity index (χ2v) is 7.82. The number of hydrogen-bond donors (Lipinski definition) is 3. The maximum atomic E-state index is 10.6. The largest absolute Gasteiger partial charge is 0.490 e. The van der Waals surface area contributed by atoms with E-state index in [-0.39, 0.29) is 0 Å². The van der Waals surface area contributed by atoms with Crippen LogP contribution in [-0.2, 0) is 30.6 Å². The molecule has 34 heavy (non-hydrogen) atoms. The van der Waals surface area contributed by atoms with Crippen molar-refractivity contribution in [2.45, 2.75) is 38.9 Å². The molecule has 0 unspecified atom stereocenters. The molecular formula is C23H22F3N5O3. The molecule has 0 fully saturated rings. The molecular weight excluding hydrogens is 451 g/mol. The molecule has 178 valence electrons. The van der Waals surface area contributed by atoms with E-state index in [1.165, 1.54) is 22.1 Å². The number of para-hydroxylation sites is 1. The molecule has 1 aliphatic rings. The van der Waals surface area contributed by atoms with Gasteiger partial charge in [-0.3, -0.25) is 4.98 Å². The molecule has 1 aromatic carbocycles. The molecule has 0 radical (unpaired) electrons. The first-order valence-electron chi connectivity index (χ1n) is 10.6. The third-order valence-electron chi connectivity index (χ3n) is 5.55. The van der Waals surface area contributed by atoms with Crippen LogP contribution in [-0.4, -0.2) is 43.9 Å². The summed E-state index contributed by atoms with van der Waals surface area (Å²) in [5, 5.41) is 16.0. The Morgan fingerprint density at radius 2 is 2.00 bits per heavy atom. The zero-order valence-corrected chi connectivity index (χ0v) is 18.2. The van der Waals surface area contributed by atoms with Gasteiger partial charge in [-0.1, -0.05) is 23.4 Å². The van der Waals surface area contributed by atoms with Gasteiger partial charge in [0.05, 0.1) is 0 Å². The van der Waals surface area contributed by atoms with Crippen molar-refractivity contribution >= 4 is 16.9 Å². The standard InChI is InChI=1S/C21H21N5O.C2HF3O2/c1-13-20(17-8-9-22-10-15(17)12-23-13)21-25-19(27-26-21)7-6-14-11-24-18-5-3-2-4-16(14)18;3-2(4,5)1(6)7/h2-5,11-12,22,24H,6-10H2,1H3;(H,6,7). The number of fused-ring (bicyclic) bond motifs is 2. The number of rotatable bonds is 4. The first kappa shape index (κ1) is 23.4. The van der Waals surface area contributed by atoms with E-state index < -0.39 is 12.1 Å². The third kappa shape index (κ3) is 5.09. The van der Waals surface area contributed by atoms with E-state index in [1.54, 1.807) is 0 Å². The van der Waals surface area contributed by atoms with Crippen LogP contribution in [0.4, 0.5) is 13.2 Å². The van der Waals surface area contributed by atoms with Gasteiger partial charge in [-0.15, -0.1) is 0 Å². The number of pyridine rings is 1. The van der Waals surface area contributed by atoms with Crippen LogP contribution in [0.5, 0.6) is 0 Å². The fourth-order valence-electron chi connectivity index (χ4n) is 3.91. The highest BCUT2D eigenvalue weighted by atomic mass is 19.4. The van der Waals surface area contributed by atoms with Crippen molar-refractivity contribution in [2.24, 2.45) is 0 Å². The van der Waals surface area contributed by atoms with Gasteiger partial charge in [0, 0.05) is 47.5 Å². The molecule has 0 aliphatic carbocycles. The Kier molecular flexibility index (Phi) is 6.64. The third-order valence-corrected chi connectivity index (χ3v) is 5.55. The second kappa shape index (κ2) is 9.64. The first-order chi connectivity index (χ1) is 16.2. The average Bonchev–Trinajstić information content (AvgIpc) is 3.44. The number of nitrogens with one attached hydrogen (secondary N) is 2. The van der Waals surface area contributed by atoms with E-state index in [0.717, 1.165) is 49.1 Å². The molecule has 4 aromatic rings. The maximum absolute atomic E-state index is 10.6. The lowest BCUT2D eigenvalue weighted by Crippen LogP contribution is -2.24. The van der Waals surface area contributed by atoms with E-state index in [4.69, 9.17) is 14.4 Å². The number of aromatic nitrogens is 4. The molecule has 8 nitrogen and oxygen atoms in total. The molecule has 0 atom stereocenters. The molecule has 0 saturated carbocycles. The summed E-state index contributed by atoms with van der Waals surface area (Å²) in [5.74, 6) is -1.43. The predicted molar refractivity (Wildman–Crippen MR) is 117 cm³/mol. The summed E-state index contributed by atoms with van der Waals surface area (Å²) in [6.07, 6.45) is 1.49. The highest BCUT2D eigenvalue weighted by Crippen LogP contribution is 2.29. The van der Waals surface area contributed by atoms with Gasteiger partial charge < -0.3 is 19.9 Å². The SMILES string of the molecule is Cc1ncc2c(c1-c1noc(CCc3c[nH]c4ccccc34)n1)CCNC2.O=C(O)C(F)(F)F. The Balaban J connectivity index is 0.000000344. The van der Waals surface area contributed by atoms with Crippen LogP contribution in [0, 0.1) is 6.92 Å². The molecule has 11 heteroatoms. The zero-order valence-electron chi connectivity index (χ0n) is 18.2. The summed E-state index contributed by atoms with van der Waals surface area (Å²) >= 11 is 0. The Morgan fingerprint density at radius 1 is 1.24 bits per heavy atom. The van der Waals surface area contributed by atoms with Crippen LogP contribution >= 0.6 is 0 Å². The lowest BCUT2D eigenvalue weighted by atomic mass is 9.95. The van der Waals surface area contributed by atoms with Crippen LogP contribution in [0.1, 0.15) is 28.3 Å². The summed E-state index contributed by atoms with van der Waals surface area (Å²) < 4.78 is 37.3. The Morgan fingerprint density at radius 3 is 2.76 bits per heavy atom. The minimum Gasteiger partial charge on any atom is -0.475 e. The minimum atomic E-state index is -5.08. The number of nitrogens with zero attached hydrogens (tertiary/aromatic N) is 3. The van der Waals surface area contributed by atoms with Gasteiger partial charge in [0.1, 0.15) is 0 Å². The van der Waals surface area contributed by atoms with Crippen molar-refractivity contribution in [1.82, 2.24) is 25.4 Å². The van der Waals surface area contributed by atoms with Gasteiger partial charge in [0.2, 0.25) is 11.7 Å². The van der Waals surface area contributed by atoms with Gasteiger partial charge in [-0.25, -0.2) is 4.79 Å². The van der Waals surface area contributed by atoms with Gasteiger partial charge in [0.25, 0.3) is 0 Å². The number of hydrogen-bond acceptors (Lipinski definition) is 6. The summed E-state index contributed by atoms with van der Waals surface area (Å²) in [6.45, 7) is 3.83. The summed E-state index contributed by atoms with van der Waals surface area (Å²) in [4.78, 5) is 21.4. The summed E-state index contributed by atoms with van der Waals surface area (Å²) in [5.41, 5.74) is 6.95. The Bertz CT molecular complexity index is 1310. The van der Waals surface area contributed by atoms with Crippen molar-refractivity contribution in [3.63, 3.8) is 0 Å². The Labute approximate surface area is 192 Å². The van der Waals surface area contributed by atoms with Crippen LogP contribution < -0.4 is 5.32 Å². The summed E-state index contributed by atoms with van der Waals surface area (Å²) in [7, 11) is 0.